The third-order valence-electron chi connectivity index (χ3n) is 8.10. The topological polar surface area (TPSA) is 158 Å². The molecule has 13 heteroatoms. The maximum absolute atomic E-state index is 15.4. The summed E-state index contributed by atoms with van der Waals surface area (Å²) in [4.78, 5) is 33.1. The van der Waals surface area contributed by atoms with Crippen molar-refractivity contribution >= 4 is 22.3 Å². The lowest BCUT2D eigenvalue weighted by molar-refractivity contribution is 0.259. The number of hydrogen-bond acceptors (Lipinski definition) is 9. The Balaban J connectivity index is 1.44. The number of pyridine rings is 2. The Morgan fingerprint density at radius 2 is 2.00 bits per heavy atom. The third-order valence-corrected chi connectivity index (χ3v) is 8.10. The number of halogens is 1. The maximum atomic E-state index is 15.4. The van der Waals surface area contributed by atoms with Gasteiger partial charge in [-0.05, 0) is 63.0 Å². The number of hydrogen-bond donors (Lipinski definition) is 3. The van der Waals surface area contributed by atoms with Gasteiger partial charge in [-0.25, -0.2) is 14.5 Å². The molecular weight excluding hydrogens is 565 g/mol. The van der Waals surface area contributed by atoms with Gasteiger partial charge in [0.2, 0.25) is 0 Å². The lowest BCUT2D eigenvalue weighted by atomic mass is 9.85. The number of anilines is 2. The lowest BCUT2D eigenvalue weighted by Gasteiger charge is -2.22. The predicted octanol–water partition coefficient (Wildman–Crippen LogP) is 3.26. The smallest absolute Gasteiger partial charge is 0.288 e. The van der Waals surface area contributed by atoms with Crippen molar-refractivity contribution in [3.05, 3.63) is 91.6 Å². The standard InChI is InChI=1S/C31H30FN9O3/c1-17-26(36-37-29(43)27(17)35-24-13-20-14-39(4)9-10-41(20)38-24)21-5-7-34-28(22(21)15-42)40-8-6-18-11-19(31(2,3)16-33)12-23(32)25(18)30(40)44/h5-8,11-13,42H,9-10,14-15H2,1-4H3,(H,37,43)(H,35,36,38). The Kier molecular flexibility index (Phi) is 7.11. The van der Waals surface area contributed by atoms with Crippen LogP contribution >= 0.6 is 0 Å². The number of aliphatic hydroxyl groups is 1. The van der Waals surface area contributed by atoms with Crippen molar-refractivity contribution < 1.29 is 9.50 Å². The van der Waals surface area contributed by atoms with E-state index in [1.165, 1.54) is 23.0 Å². The first-order chi connectivity index (χ1) is 21.0. The summed E-state index contributed by atoms with van der Waals surface area (Å²) in [7, 11) is 2.03. The molecule has 0 bridgehead atoms. The van der Waals surface area contributed by atoms with Gasteiger partial charge in [-0.15, -0.1) is 0 Å². The number of rotatable bonds is 6. The van der Waals surface area contributed by atoms with Gasteiger partial charge >= 0.3 is 0 Å². The number of H-pyrrole nitrogens is 1. The lowest BCUT2D eigenvalue weighted by Crippen LogP contribution is -2.30. The van der Waals surface area contributed by atoms with E-state index in [9.17, 15) is 20.0 Å². The van der Waals surface area contributed by atoms with Crippen molar-refractivity contribution in [1.29, 1.82) is 5.26 Å². The van der Waals surface area contributed by atoms with Crippen LogP contribution < -0.4 is 16.4 Å². The Morgan fingerprint density at radius 3 is 2.75 bits per heavy atom. The maximum Gasteiger partial charge on any atom is 0.288 e. The van der Waals surface area contributed by atoms with Crippen LogP contribution in [0.4, 0.5) is 15.9 Å². The summed E-state index contributed by atoms with van der Waals surface area (Å²) in [6, 6.07) is 10.1. The van der Waals surface area contributed by atoms with Crippen molar-refractivity contribution in [3.63, 3.8) is 0 Å². The monoisotopic (exact) mass is 595 g/mol. The van der Waals surface area contributed by atoms with Gasteiger partial charge in [-0.1, -0.05) is 0 Å². The molecule has 0 saturated heterocycles. The van der Waals surface area contributed by atoms with E-state index in [0.717, 1.165) is 25.3 Å². The Morgan fingerprint density at radius 1 is 1.20 bits per heavy atom. The molecule has 0 spiro atoms. The summed E-state index contributed by atoms with van der Waals surface area (Å²) >= 11 is 0. The zero-order valence-electron chi connectivity index (χ0n) is 24.6. The fourth-order valence-electron chi connectivity index (χ4n) is 5.52. The van der Waals surface area contributed by atoms with Crippen molar-refractivity contribution in [1.82, 2.24) is 34.4 Å². The van der Waals surface area contributed by atoms with Gasteiger partial charge < -0.3 is 10.4 Å². The van der Waals surface area contributed by atoms with Gasteiger partial charge in [0.15, 0.2) is 5.82 Å². The predicted molar refractivity (Wildman–Crippen MR) is 162 cm³/mol. The molecule has 1 aliphatic rings. The molecule has 12 nitrogen and oxygen atoms in total. The molecule has 6 rings (SSSR count). The highest BCUT2D eigenvalue weighted by Crippen LogP contribution is 2.32. The molecule has 1 aliphatic heterocycles. The van der Waals surface area contributed by atoms with Crippen LogP contribution in [0.5, 0.6) is 0 Å². The average molecular weight is 596 g/mol. The second-order valence-corrected chi connectivity index (χ2v) is 11.5. The van der Waals surface area contributed by atoms with E-state index in [4.69, 9.17) is 0 Å². The number of nitrogens with one attached hydrogen (secondary N) is 2. The minimum atomic E-state index is -0.951. The van der Waals surface area contributed by atoms with Crippen LogP contribution in [-0.2, 0) is 25.1 Å². The van der Waals surface area contributed by atoms with Crippen molar-refractivity contribution in [2.45, 2.75) is 45.9 Å². The van der Waals surface area contributed by atoms with E-state index in [0.29, 0.717) is 33.6 Å². The minimum Gasteiger partial charge on any atom is -0.392 e. The number of nitrogens with zero attached hydrogens (tertiary/aromatic N) is 7. The van der Waals surface area contributed by atoms with Crippen LogP contribution in [0.3, 0.4) is 0 Å². The summed E-state index contributed by atoms with van der Waals surface area (Å²) in [6.07, 6.45) is 2.91. The normalized spacial score (nSPS) is 13.6. The van der Waals surface area contributed by atoms with E-state index in [-0.39, 0.29) is 22.5 Å². The first-order valence-electron chi connectivity index (χ1n) is 14.0. The minimum absolute atomic E-state index is 0.0885. The van der Waals surface area contributed by atoms with Crippen LogP contribution in [0.15, 0.2) is 52.3 Å². The van der Waals surface area contributed by atoms with Crippen LogP contribution in [0.25, 0.3) is 27.8 Å². The summed E-state index contributed by atoms with van der Waals surface area (Å²) in [5, 5.41) is 34.7. The van der Waals surface area contributed by atoms with Gasteiger partial charge in [0, 0.05) is 48.2 Å². The van der Waals surface area contributed by atoms with Crippen LogP contribution in [0.1, 0.15) is 36.2 Å². The summed E-state index contributed by atoms with van der Waals surface area (Å²) in [5.41, 5.74) is 1.16. The fraction of sp³-hybridized carbons (Fsp3) is 0.290. The second kappa shape index (κ2) is 10.8. The molecule has 1 aromatic carbocycles. The number of benzene rings is 1. The summed E-state index contributed by atoms with van der Waals surface area (Å²) < 4.78 is 18.4. The van der Waals surface area contributed by atoms with Crippen molar-refractivity contribution in [2.75, 3.05) is 18.9 Å². The molecule has 0 radical (unpaired) electrons. The Labute approximate surface area is 251 Å². The van der Waals surface area contributed by atoms with E-state index < -0.39 is 29.0 Å². The average Bonchev–Trinajstić information content (AvgIpc) is 3.40. The molecule has 4 aromatic heterocycles. The Hall–Kier alpha value is -5.19. The van der Waals surface area contributed by atoms with Crippen LogP contribution in [0, 0.1) is 24.1 Å². The first kappa shape index (κ1) is 28.9. The third kappa shape index (κ3) is 4.83. The highest BCUT2D eigenvalue weighted by Gasteiger charge is 2.24. The molecule has 5 aromatic rings. The summed E-state index contributed by atoms with van der Waals surface area (Å²) in [6.45, 7) is 6.89. The number of likely N-dealkylation sites (N-methyl/N-ethyl adjacent to an activating group) is 1. The molecule has 0 unspecified atom stereocenters. The largest absolute Gasteiger partial charge is 0.392 e. The van der Waals surface area contributed by atoms with Gasteiger partial charge in [0.25, 0.3) is 11.1 Å². The molecule has 0 amide bonds. The molecule has 0 atom stereocenters. The molecule has 224 valence electrons. The number of aliphatic hydroxyl groups excluding tert-OH is 1. The molecule has 44 heavy (non-hydrogen) atoms. The second-order valence-electron chi connectivity index (χ2n) is 11.5. The van der Waals surface area contributed by atoms with Crippen molar-refractivity contribution in [2.24, 2.45) is 0 Å². The van der Waals surface area contributed by atoms with Crippen LogP contribution in [-0.4, -0.2) is 53.1 Å². The van der Waals surface area contributed by atoms with Gasteiger partial charge in [-0.2, -0.15) is 15.5 Å². The number of aromatic amines is 1. The number of nitriles is 1. The van der Waals surface area contributed by atoms with Gasteiger partial charge in [0.05, 0.1) is 41.4 Å². The molecule has 5 heterocycles. The van der Waals surface area contributed by atoms with Crippen LogP contribution in [0.2, 0.25) is 0 Å². The highest BCUT2D eigenvalue weighted by molar-refractivity contribution is 5.84. The Bertz CT molecular complexity index is 2110. The SMILES string of the molecule is Cc1c(-c2ccnc(-n3ccc4cc(C(C)(C)C#N)cc(F)c4c3=O)c2CO)n[nH]c(=O)c1Nc1cc2n(n1)CCN(C)C2. The molecule has 0 fully saturated rings. The number of aromatic nitrogens is 6. The van der Waals surface area contributed by atoms with E-state index >= 15 is 4.39 Å². The molecule has 0 saturated carbocycles. The van der Waals surface area contributed by atoms with E-state index in [2.05, 4.69) is 36.6 Å². The number of fused-ring (bicyclic) bond motifs is 2. The van der Waals surface area contributed by atoms with Crippen molar-refractivity contribution in [3.8, 4) is 23.1 Å². The quantitative estimate of drug-likeness (QED) is 0.268. The zero-order chi connectivity index (χ0) is 31.3. The zero-order valence-corrected chi connectivity index (χ0v) is 24.6. The van der Waals surface area contributed by atoms with Gasteiger partial charge in [-0.3, -0.25) is 23.7 Å². The van der Waals surface area contributed by atoms with Gasteiger partial charge in [0.1, 0.15) is 17.3 Å². The molecule has 3 N–H and O–H groups in total. The van der Waals surface area contributed by atoms with E-state index in [1.807, 2.05) is 17.8 Å². The van der Waals surface area contributed by atoms with E-state index in [1.54, 1.807) is 39.0 Å². The summed E-state index contributed by atoms with van der Waals surface area (Å²) in [5.74, 6) is -0.154. The highest BCUT2D eigenvalue weighted by atomic mass is 19.1. The molecule has 0 aliphatic carbocycles. The molecular formula is C31H30FN9O3. The fourth-order valence-corrected chi connectivity index (χ4v) is 5.52. The first-order valence-corrected chi connectivity index (χ1v) is 14.0.